The van der Waals surface area contributed by atoms with E-state index in [1.807, 2.05) is 0 Å². The normalized spacial score (nSPS) is 58.8. The first-order chi connectivity index (χ1) is 10.7. The van der Waals surface area contributed by atoms with Gasteiger partial charge in [0.25, 0.3) is 0 Å². The molecule has 4 heteroatoms. The molecule has 3 nitrogen and oxygen atoms in total. The number of hydrogen-bond donors (Lipinski definition) is 1. The number of fused-ring (bicyclic) bond motifs is 5. The van der Waals surface area contributed by atoms with E-state index in [0.717, 1.165) is 38.5 Å². The number of rotatable bonds is 0. The van der Waals surface area contributed by atoms with Crippen LogP contribution in [0.25, 0.3) is 0 Å². The van der Waals surface area contributed by atoms with Crippen LogP contribution >= 0.6 is 15.9 Å². The van der Waals surface area contributed by atoms with Crippen molar-refractivity contribution in [3.05, 3.63) is 0 Å². The number of carbonyl (C=O) groups is 1. The zero-order valence-corrected chi connectivity index (χ0v) is 16.1. The lowest BCUT2D eigenvalue weighted by Crippen LogP contribution is -2.61. The lowest BCUT2D eigenvalue weighted by molar-refractivity contribution is -0.194. The minimum atomic E-state index is -0.527. The van der Waals surface area contributed by atoms with Gasteiger partial charge in [-0.3, -0.25) is 4.79 Å². The summed E-state index contributed by atoms with van der Waals surface area (Å²) in [5.41, 5.74) is -0.378. The van der Waals surface area contributed by atoms with E-state index in [2.05, 4.69) is 36.7 Å². The highest BCUT2D eigenvalue weighted by atomic mass is 79.9. The Morgan fingerprint density at radius 3 is 2.57 bits per heavy atom. The van der Waals surface area contributed by atoms with Crippen molar-refractivity contribution < 1.29 is 14.6 Å². The fourth-order valence-electron chi connectivity index (χ4n) is 6.79. The fraction of sp³-hybridized carbons (Fsp3) is 0.947. The van der Waals surface area contributed by atoms with Crippen LogP contribution < -0.4 is 0 Å². The molecule has 4 rings (SSSR count). The third-order valence-corrected chi connectivity index (χ3v) is 9.30. The lowest BCUT2D eigenvalue weighted by Gasteiger charge is -2.61. The molecule has 0 aromatic heterocycles. The van der Waals surface area contributed by atoms with Crippen molar-refractivity contribution in [2.75, 3.05) is 0 Å². The predicted octanol–water partition coefficient (Wildman–Crippen LogP) is 4.06. The molecule has 3 aliphatic carbocycles. The molecule has 1 saturated heterocycles. The summed E-state index contributed by atoms with van der Waals surface area (Å²) in [5, 5.41) is 11.0. The predicted molar refractivity (Wildman–Crippen MR) is 92.2 cm³/mol. The number of ether oxygens (including phenoxy) is 1. The van der Waals surface area contributed by atoms with E-state index in [0.29, 0.717) is 24.2 Å². The highest BCUT2D eigenvalue weighted by Gasteiger charge is 2.65. The smallest absolute Gasteiger partial charge is 0.306 e. The second-order valence-corrected chi connectivity index (χ2v) is 10.5. The largest absolute Gasteiger partial charge is 0.461 e. The maximum atomic E-state index is 11.8. The summed E-state index contributed by atoms with van der Waals surface area (Å²) in [7, 11) is 0. The molecule has 0 amide bonds. The maximum absolute atomic E-state index is 11.8. The van der Waals surface area contributed by atoms with Gasteiger partial charge in [-0.15, -0.1) is 0 Å². The standard InChI is InChI=1S/C19H29BrO3/c1-17-7-6-15(21)23-16(17)14(20)10-11-12(17)4-8-18(2)13(11)5-9-19(18,3)22/h11-14,16,22H,4-10H2,1-3H3/t11-,12+,13+,14+,16?,17-,18+,19+/m1/s1. The van der Waals surface area contributed by atoms with Crippen molar-refractivity contribution in [1.82, 2.24) is 0 Å². The van der Waals surface area contributed by atoms with Crippen molar-refractivity contribution in [2.24, 2.45) is 28.6 Å². The molecule has 1 heterocycles. The molecule has 4 fully saturated rings. The van der Waals surface area contributed by atoms with Crippen LogP contribution in [0, 0.1) is 28.6 Å². The van der Waals surface area contributed by atoms with Gasteiger partial charge in [0, 0.05) is 11.8 Å². The molecule has 4 aliphatic rings. The van der Waals surface area contributed by atoms with Crippen LogP contribution in [-0.2, 0) is 9.53 Å². The average molecular weight is 385 g/mol. The molecule has 0 spiro atoms. The highest BCUT2D eigenvalue weighted by molar-refractivity contribution is 9.09. The van der Waals surface area contributed by atoms with Gasteiger partial charge >= 0.3 is 5.97 Å². The van der Waals surface area contributed by atoms with Crippen molar-refractivity contribution in [2.45, 2.75) is 82.2 Å². The molecule has 1 N–H and O–H groups in total. The van der Waals surface area contributed by atoms with Gasteiger partial charge in [0.15, 0.2) is 0 Å². The van der Waals surface area contributed by atoms with Crippen LogP contribution in [0.1, 0.15) is 65.7 Å². The van der Waals surface area contributed by atoms with Gasteiger partial charge in [0.1, 0.15) is 6.10 Å². The van der Waals surface area contributed by atoms with Crippen molar-refractivity contribution in [3.63, 3.8) is 0 Å². The second-order valence-electron chi connectivity index (χ2n) is 9.31. The van der Waals surface area contributed by atoms with Gasteiger partial charge in [-0.2, -0.15) is 0 Å². The molecule has 1 unspecified atom stereocenters. The SMILES string of the molecule is C[C@]12CCC(=O)OC1[C@@H](Br)C[C@@H]1[C@@H]2CC[C@@]2(C)[C@H]1CC[C@]2(C)O. The quantitative estimate of drug-likeness (QED) is 0.505. The van der Waals surface area contributed by atoms with Gasteiger partial charge in [0.05, 0.1) is 10.4 Å². The van der Waals surface area contributed by atoms with Crippen LogP contribution in [-0.4, -0.2) is 27.6 Å². The monoisotopic (exact) mass is 384 g/mol. The van der Waals surface area contributed by atoms with Gasteiger partial charge in [-0.05, 0) is 68.6 Å². The number of alkyl halides is 1. The second kappa shape index (κ2) is 4.97. The van der Waals surface area contributed by atoms with Crippen LogP contribution in [0.3, 0.4) is 0 Å². The first-order valence-corrected chi connectivity index (χ1v) is 10.2. The number of carbonyl (C=O) groups excluding carboxylic acids is 1. The Morgan fingerprint density at radius 2 is 1.83 bits per heavy atom. The van der Waals surface area contributed by atoms with E-state index < -0.39 is 5.60 Å². The third-order valence-electron chi connectivity index (χ3n) is 8.45. The highest BCUT2D eigenvalue weighted by Crippen LogP contribution is 2.67. The van der Waals surface area contributed by atoms with E-state index in [9.17, 15) is 9.90 Å². The minimum absolute atomic E-state index is 0.0243. The van der Waals surface area contributed by atoms with Crippen LogP contribution in [0.15, 0.2) is 0 Å². The number of esters is 1. The lowest BCUT2D eigenvalue weighted by atomic mass is 9.47. The molecule has 0 radical (unpaired) electrons. The summed E-state index contributed by atoms with van der Waals surface area (Å²) in [6.45, 7) is 6.72. The summed E-state index contributed by atoms with van der Waals surface area (Å²) in [6, 6.07) is 0. The summed E-state index contributed by atoms with van der Waals surface area (Å²) >= 11 is 3.86. The zero-order chi connectivity index (χ0) is 16.6. The first kappa shape index (κ1) is 16.4. The Bertz CT molecular complexity index is 533. The van der Waals surface area contributed by atoms with E-state index >= 15 is 0 Å². The molecule has 0 aromatic rings. The molecule has 23 heavy (non-hydrogen) atoms. The Morgan fingerprint density at radius 1 is 1.13 bits per heavy atom. The summed E-state index contributed by atoms with van der Waals surface area (Å²) in [4.78, 5) is 12.1. The van der Waals surface area contributed by atoms with E-state index in [-0.39, 0.29) is 27.7 Å². The maximum Gasteiger partial charge on any atom is 0.306 e. The average Bonchev–Trinajstić information content (AvgIpc) is 2.72. The number of hydrogen-bond acceptors (Lipinski definition) is 3. The Hall–Kier alpha value is -0.0900. The molecule has 1 aliphatic heterocycles. The van der Waals surface area contributed by atoms with Gasteiger partial charge in [-0.25, -0.2) is 0 Å². The van der Waals surface area contributed by atoms with Gasteiger partial charge in [-0.1, -0.05) is 29.8 Å². The van der Waals surface area contributed by atoms with Crippen molar-refractivity contribution in [3.8, 4) is 0 Å². The van der Waals surface area contributed by atoms with Crippen molar-refractivity contribution in [1.29, 1.82) is 0 Å². The molecular formula is C19H29BrO3. The molecule has 130 valence electrons. The number of halogens is 1. The number of aliphatic hydroxyl groups is 1. The summed E-state index contributed by atoms with van der Waals surface area (Å²) < 4.78 is 5.80. The fourth-order valence-corrected chi connectivity index (χ4v) is 7.94. The third kappa shape index (κ3) is 2.06. The Kier molecular flexibility index (Phi) is 3.54. The van der Waals surface area contributed by atoms with Crippen LogP contribution in [0.2, 0.25) is 0 Å². The summed E-state index contributed by atoms with van der Waals surface area (Å²) in [5.74, 6) is 1.85. The zero-order valence-electron chi connectivity index (χ0n) is 14.5. The van der Waals surface area contributed by atoms with Crippen LogP contribution in [0.4, 0.5) is 0 Å². The molecule has 3 saturated carbocycles. The Labute approximate surface area is 147 Å². The molecular weight excluding hydrogens is 356 g/mol. The van der Waals surface area contributed by atoms with Crippen molar-refractivity contribution >= 4 is 21.9 Å². The van der Waals surface area contributed by atoms with Crippen LogP contribution in [0.5, 0.6) is 0 Å². The van der Waals surface area contributed by atoms with Gasteiger partial charge < -0.3 is 9.84 Å². The first-order valence-electron chi connectivity index (χ1n) is 9.25. The van der Waals surface area contributed by atoms with E-state index in [1.54, 1.807) is 0 Å². The van der Waals surface area contributed by atoms with E-state index in [4.69, 9.17) is 4.74 Å². The molecule has 8 atom stereocenters. The molecule has 0 bridgehead atoms. The molecule has 0 aromatic carbocycles. The van der Waals surface area contributed by atoms with Gasteiger partial charge in [0.2, 0.25) is 0 Å². The van der Waals surface area contributed by atoms with E-state index in [1.165, 1.54) is 0 Å². The Balaban J connectivity index is 1.69. The minimum Gasteiger partial charge on any atom is -0.461 e. The topological polar surface area (TPSA) is 46.5 Å². The summed E-state index contributed by atoms with van der Waals surface area (Å²) in [6.07, 6.45) is 6.97.